The summed E-state index contributed by atoms with van der Waals surface area (Å²) in [5.74, 6) is 0. The zero-order valence-electron chi connectivity index (χ0n) is 10.1. The molecule has 0 amide bonds. The van der Waals surface area contributed by atoms with Crippen molar-refractivity contribution in [2.75, 3.05) is 0 Å². The summed E-state index contributed by atoms with van der Waals surface area (Å²) in [5.41, 5.74) is 2.18. The zero-order valence-corrected chi connectivity index (χ0v) is 10.1. The van der Waals surface area contributed by atoms with E-state index < -0.39 is 6.10 Å². The Balaban J connectivity index is 2.69. The number of rotatable bonds is 5. The fourth-order valence-electron chi connectivity index (χ4n) is 1.71. The molecule has 1 unspecified atom stereocenters. The van der Waals surface area contributed by atoms with Crippen LogP contribution in [0.2, 0.25) is 0 Å². The Morgan fingerprint density at radius 2 is 2.00 bits per heavy atom. The Morgan fingerprint density at radius 1 is 1.31 bits per heavy atom. The molecule has 86 valence electrons. The lowest BCUT2D eigenvalue weighted by Gasteiger charge is -2.11. The molecule has 1 aromatic rings. The highest BCUT2D eigenvalue weighted by Crippen LogP contribution is 2.21. The first kappa shape index (κ1) is 12.7. The predicted molar refractivity (Wildman–Crippen MR) is 69.2 cm³/mol. The fraction of sp³-hybridized carbons (Fsp3) is 0.333. The average molecular weight is 216 g/mol. The molecule has 16 heavy (non-hydrogen) atoms. The number of hydrogen-bond acceptors (Lipinski definition) is 1. The van der Waals surface area contributed by atoms with E-state index in [1.54, 1.807) is 0 Å². The molecule has 0 aliphatic carbocycles. The van der Waals surface area contributed by atoms with Crippen molar-refractivity contribution >= 4 is 0 Å². The van der Waals surface area contributed by atoms with Gasteiger partial charge in [-0.3, -0.25) is 0 Å². The SMILES string of the molecule is C/C=C\C(=C/CC)CC(O)c1ccccc1. The van der Waals surface area contributed by atoms with E-state index in [9.17, 15) is 5.11 Å². The van der Waals surface area contributed by atoms with Gasteiger partial charge in [0, 0.05) is 6.42 Å². The lowest BCUT2D eigenvalue weighted by Crippen LogP contribution is -1.98. The van der Waals surface area contributed by atoms with Gasteiger partial charge in [-0.2, -0.15) is 0 Å². The van der Waals surface area contributed by atoms with Gasteiger partial charge < -0.3 is 5.11 Å². The van der Waals surface area contributed by atoms with Crippen LogP contribution in [0, 0.1) is 0 Å². The maximum Gasteiger partial charge on any atom is 0.0830 e. The van der Waals surface area contributed by atoms with E-state index >= 15 is 0 Å². The van der Waals surface area contributed by atoms with Gasteiger partial charge in [0.05, 0.1) is 6.10 Å². The molecule has 0 spiro atoms. The molecule has 0 radical (unpaired) electrons. The molecular weight excluding hydrogens is 196 g/mol. The third-order valence-corrected chi connectivity index (χ3v) is 2.46. The standard InChI is InChI=1S/C15H20O/c1-3-8-13(9-4-2)12-15(16)14-10-6-5-7-11-14/h3,5-11,15-16H,4,12H2,1-2H3/b8-3-,13-9+. The third kappa shape index (κ3) is 4.03. The highest BCUT2D eigenvalue weighted by atomic mass is 16.3. The van der Waals surface area contributed by atoms with Crippen LogP contribution in [0.1, 0.15) is 38.4 Å². The first-order valence-electron chi connectivity index (χ1n) is 5.82. The van der Waals surface area contributed by atoms with Crippen molar-refractivity contribution in [3.8, 4) is 0 Å². The summed E-state index contributed by atoms with van der Waals surface area (Å²) in [6.45, 7) is 4.11. The third-order valence-electron chi connectivity index (χ3n) is 2.46. The lowest BCUT2D eigenvalue weighted by molar-refractivity contribution is 0.179. The van der Waals surface area contributed by atoms with Crippen LogP contribution in [0.4, 0.5) is 0 Å². The molecule has 0 saturated heterocycles. The molecule has 1 atom stereocenters. The molecule has 1 heteroatoms. The molecule has 0 heterocycles. The van der Waals surface area contributed by atoms with Gasteiger partial charge in [0.1, 0.15) is 0 Å². The van der Waals surface area contributed by atoms with Gasteiger partial charge in [-0.25, -0.2) is 0 Å². The van der Waals surface area contributed by atoms with Crippen LogP contribution in [0.3, 0.4) is 0 Å². The van der Waals surface area contributed by atoms with Gasteiger partial charge >= 0.3 is 0 Å². The molecule has 0 aliphatic heterocycles. The minimum absolute atomic E-state index is 0.407. The highest BCUT2D eigenvalue weighted by Gasteiger charge is 2.07. The smallest absolute Gasteiger partial charge is 0.0830 e. The maximum absolute atomic E-state index is 10.1. The summed E-state index contributed by atoms with van der Waals surface area (Å²) in [4.78, 5) is 0. The number of allylic oxidation sites excluding steroid dienone is 3. The molecule has 1 N–H and O–H groups in total. The van der Waals surface area contributed by atoms with Crippen molar-refractivity contribution in [3.05, 3.63) is 59.7 Å². The Kier molecular flexibility index (Phi) is 5.58. The lowest BCUT2D eigenvalue weighted by atomic mass is 10.0. The van der Waals surface area contributed by atoms with Crippen molar-refractivity contribution in [2.45, 2.75) is 32.8 Å². The first-order valence-corrected chi connectivity index (χ1v) is 5.82. The molecule has 0 fully saturated rings. The number of aliphatic hydroxyl groups is 1. The minimum atomic E-state index is -0.407. The quantitative estimate of drug-likeness (QED) is 0.737. The summed E-state index contributed by atoms with van der Waals surface area (Å²) in [5, 5.41) is 10.1. The van der Waals surface area contributed by atoms with Crippen molar-refractivity contribution in [1.29, 1.82) is 0 Å². The van der Waals surface area contributed by atoms with E-state index in [-0.39, 0.29) is 0 Å². The van der Waals surface area contributed by atoms with Crippen molar-refractivity contribution in [2.24, 2.45) is 0 Å². The van der Waals surface area contributed by atoms with Crippen LogP contribution in [-0.4, -0.2) is 5.11 Å². The van der Waals surface area contributed by atoms with Crippen LogP contribution < -0.4 is 0 Å². The normalized spacial score (nSPS) is 14.3. The molecule has 0 aliphatic rings. The van der Waals surface area contributed by atoms with Gasteiger partial charge in [-0.15, -0.1) is 0 Å². The Labute approximate surface area is 98.1 Å². The number of benzene rings is 1. The second-order valence-corrected chi connectivity index (χ2v) is 3.82. The second kappa shape index (κ2) is 7.02. The van der Waals surface area contributed by atoms with Gasteiger partial charge in [-0.1, -0.05) is 55.5 Å². The first-order chi connectivity index (χ1) is 7.77. The Bertz CT molecular complexity index is 349. The summed E-state index contributed by atoms with van der Waals surface area (Å²) in [7, 11) is 0. The van der Waals surface area contributed by atoms with E-state index in [2.05, 4.69) is 19.1 Å². The van der Waals surface area contributed by atoms with Crippen LogP contribution in [-0.2, 0) is 0 Å². The van der Waals surface area contributed by atoms with Crippen molar-refractivity contribution in [1.82, 2.24) is 0 Å². The van der Waals surface area contributed by atoms with E-state index in [1.807, 2.05) is 43.3 Å². The maximum atomic E-state index is 10.1. The highest BCUT2D eigenvalue weighted by molar-refractivity contribution is 5.24. The van der Waals surface area contributed by atoms with Gasteiger partial charge in [-0.05, 0) is 24.5 Å². The minimum Gasteiger partial charge on any atom is -0.388 e. The monoisotopic (exact) mass is 216 g/mol. The van der Waals surface area contributed by atoms with E-state index in [0.29, 0.717) is 6.42 Å². The molecule has 0 bridgehead atoms. The summed E-state index contributed by atoms with van der Waals surface area (Å²) < 4.78 is 0. The Morgan fingerprint density at radius 3 is 2.56 bits per heavy atom. The topological polar surface area (TPSA) is 20.2 Å². The van der Waals surface area contributed by atoms with Crippen LogP contribution in [0.25, 0.3) is 0 Å². The van der Waals surface area contributed by atoms with E-state index in [0.717, 1.165) is 12.0 Å². The van der Waals surface area contributed by atoms with E-state index in [1.165, 1.54) is 5.57 Å². The predicted octanol–water partition coefficient (Wildman–Crippen LogP) is 4.02. The molecular formula is C15H20O. The second-order valence-electron chi connectivity index (χ2n) is 3.82. The van der Waals surface area contributed by atoms with Gasteiger partial charge in [0.15, 0.2) is 0 Å². The molecule has 1 nitrogen and oxygen atoms in total. The van der Waals surface area contributed by atoms with Crippen LogP contribution >= 0.6 is 0 Å². The van der Waals surface area contributed by atoms with Crippen LogP contribution in [0.15, 0.2) is 54.1 Å². The fourth-order valence-corrected chi connectivity index (χ4v) is 1.71. The summed E-state index contributed by atoms with van der Waals surface area (Å²) in [6.07, 6.45) is 7.51. The van der Waals surface area contributed by atoms with Gasteiger partial charge in [0.25, 0.3) is 0 Å². The largest absolute Gasteiger partial charge is 0.388 e. The van der Waals surface area contributed by atoms with Crippen molar-refractivity contribution in [3.63, 3.8) is 0 Å². The molecule has 0 saturated carbocycles. The van der Waals surface area contributed by atoms with E-state index in [4.69, 9.17) is 0 Å². The molecule has 1 rings (SSSR count). The Hall–Kier alpha value is -1.34. The number of hydrogen-bond donors (Lipinski definition) is 1. The molecule has 1 aromatic carbocycles. The molecule has 0 aromatic heterocycles. The van der Waals surface area contributed by atoms with Crippen LogP contribution in [0.5, 0.6) is 0 Å². The summed E-state index contributed by atoms with van der Waals surface area (Å²) in [6, 6.07) is 9.80. The average Bonchev–Trinajstić information content (AvgIpc) is 2.31. The van der Waals surface area contributed by atoms with Crippen molar-refractivity contribution < 1.29 is 5.11 Å². The van der Waals surface area contributed by atoms with Gasteiger partial charge in [0.2, 0.25) is 0 Å². The summed E-state index contributed by atoms with van der Waals surface area (Å²) >= 11 is 0. The number of aliphatic hydroxyl groups excluding tert-OH is 1. The zero-order chi connectivity index (χ0) is 11.8.